The maximum absolute atomic E-state index is 12.4. The van der Waals surface area contributed by atoms with E-state index in [1.165, 1.54) is 37.8 Å². The molecular formula is C18H23N3O3S. The fraction of sp³-hybridized carbons (Fsp3) is 0.389. The number of ether oxygens (including phenoxy) is 1. The Morgan fingerprint density at radius 2 is 1.68 bits per heavy atom. The van der Waals surface area contributed by atoms with E-state index in [9.17, 15) is 8.42 Å². The van der Waals surface area contributed by atoms with Crippen LogP contribution in [0.1, 0.15) is 25.7 Å². The number of nitrogens with one attached hydrogen (secondary N) is 1. The molecule has 25 heavy (non-hydrogen) atoms. The molecule has 1 aromatic carbocycles. The van der Waals surface area contributed by atoms with Crippen LogP contribution in [0.4, 0.5) is 11.5 Å². The van der Waals surface area contributed by atoms with Gasteiger partial charge in [0, 0.05) is 13.1 Å². The predicted octanol–water partition coefficient (Wildman–Crippen LogP) is 3.27. The molecule has 3 rings (SSSR count). The van der Waals surface area contributed by atoms with E-state index in [4.69, 9.17) is 4.74 Å². The van der Waals surface area contributed by atoms with Crippen molar-refractivity contribution < 1.29 is 13.2 Å². The third-order valence-electron chi connectivity index (χ3n) is 4.30. The van der Waals surface area contributed by atoms with Crippen LogP contribution in [0.2, 0.25) is 0 Å². The van der Waals surface area contributed by atoms with Gasteiger partial charge in [-0.2, -0.15) is 0 Å². The van der Waals surface area contributed by atoms with E-state index in [-0.39, 0.29) is 4.90 Å². The van der Waals surface area contributed by atoms with Gasteiger partial charge < -0.3 is 9.64 Å². The molecule has 0 unspecified atom stereocenters. The molecule has 1 aromatic heterocycles. The Hall–Kier alpha value is -2.28. The normalized spacial score (nSPS) is 15.5. The summed E-state index contributed by atoms with van der Waals surface area (Å²) < 4.78 is 32.5. The summed E-state index contributed by atoms with van der Waals surface area (Å²) in [6.45, 7) is 2.01. The first kappa shape index (κ1) is 17.5. The Balaban J connectivity index is 1.71. The molecule has 0 spiro atoms. The molecule has 0 atom stereocenters. The highest BCUT2D eigenvalue weighted by atomic mass is 32.2. The average molecular weight is 361 g/mol. The Kier molecular flexibility index (Phi) is 5.43. The lowest BCUT2D eigenvalue weighted by Crippen LogP contribution is -2.24. The molecule has 2 heterocycles. The summed E-state index contributed by atoms with van der Waals surface area (Å²) in [7, 11) is -2.10. The second kappa shape index (κ2) is 7.74. The summed E-state index contributed by atoms with van der Waals surface area (Å²) in [6.07, 6.45) is 6.44. The molecule has 1 fully saturated rings. The van der Waals surface area contributed by atoms with Crippen molar-refractivity contribution in [2.75, 3.05) is 29.8 Å². The highest BCUT2D eigenvalue weighted by molar-refractivity contribution is 7.92. The molecule has 134 valence electrons. The molecule has 7 heteroatoms. The number of benzene rings is 1. The van der Waals surface area contributed by atoms with E-state index in [0.717, 1.165) is 18.9 Å². The quantitative estimate of drug-likeness (QED) is 0.885. The van der Waals surface area contributed by atoms with Crippen molar-refractivity contribution >= 4 is 21.5 Å². The molecule has 0 bridgehead atoms. The van der Waals surface area contributed by atoms with Crippen LogP contribution in [0.3, 0.4) is 0 Å². The summed E-state index contributed by atoms with van der Waals surface area (Å²) in [6, 6.07) is 9.90. The van der Waals surface area contributed by atoms with E-state index in [1.807, 2.05) is 6.07 Å². The molecule has 2 aromatic rings. The zero-order valence-electron chi connectivity index (χ0n) is 14.3. The van der Waals surface area contributed by atoms with E-state index >= 15 is 0 Å². The fourth-order valence-corrected chi connectivity index (χ4v) is 3.95. The number of hydrogen-bond acceptors (Lipinski definition) is 5. The second-order valence-electron chi connectivity index (χ2n) is 6.09. The number of rotatable bonds is 5. The van der Waals surface area contributed by atoms with Crippen LogP contribution in [0, 0.1) is 0 Å². The van der Waals surface area contributed by atoms with Crippen molar-refractivity contribution in [2.45, 2.75) is 30.6 Å². The van der Waals surface area contributed by atoms with Crippen molar-refractivity contribution in [3.05, 3.63) is 42.6 Å². The number of methoxy groups -OCH3 is 1. The van der Waals surface area contributed by atoms with Crippen LogP contribution in [-0.2, 0) is 10.0 Å². The van der Waals surface area contributed by atoms with Crippen molar-refractivity contribution in [1.82, 2.24) is 4.98 Å². The van der Waals surface area contributed by atoms with Gasteiger partial charge in [-0.15, -0.1) is 0 Å². The Morgan fingerprint density at radius 1 is 1.00 bits per heavy atom. The summed E-state index contributed by atoms with van der Waals surface area (Å²) in [5.74, 6) is 1.51. The van der Waals surface area contributed by atoms with Crippen LogP contribution in [0.25, 0.3) is 0 Å². The van der Waals surface area contributed by atoms with Crippen molar-refractivity contribution in [3.8, 4) is 5.75 Å². The third-order valence-corrected chi connectivity index (χ3v) is 5.70. The lowest BCUT2D eigenvalue weighted by Gasteiger charge is -2.21. The molecule has 0 aliphatic carbocycles. The van der Waals surface area contributed by atoms with Gasteiger partial charge in [-0.05, 0) is 49.2 Å². The van der Waals surface area contributed by atoms with Crippen LogP contribution in [-0.4, -0.2) is 33.6 Å². The molecular weight excluding hydrogens is 338 g/mol. The molecule has 1 N–H and O–H groups in total. The maximum Gasteiger partial charge on any atom is 0.261 e. The van der Waals surface area contributed by atoms with Gasteiger partial charge in [-0.1, -0.05) is 12.8 Å². The Morgan fingerprint density at radius 3 is 2.24 bits per heavy atom. The number of hydrogen-bond donors (Lipinski definition) is 1. The zero-order chi connectivity index (χ0) is 17.7. The van der Waals surface area contributed by atoms with Crippen molar-refractivity contribution in [1.29, 1.82) is 0 Å². The molecule has 0 amide bonds. The molecule has 1 saturated heterocycles. The van der Waals surface area contributed by atoms with Gasteiger partial charge in [0.05, 0.1) is 23.9 Å². The third kappa shape index (κ3) is 4.42. The van der Waals surface area contributed by atoms with E-state index in [0.29, 0.717) is 11.4 Å². The Bertz CT molecular complexity index is 781. The second-order valence-corrected chi connectivity index (χ2v) is 7.77. The van der Waals surface area contributed by atoms with Crippen molar-refractivity contribution in [2.24, 2.45) is 0 Å². The summed E-state index contributed by atoms with van der Waals surface area (Å²) in [5.41, 5.74) is 0.453. The molecule has 6 nitrogen and oxygen atoms in total. The highest BCUT2D eigenvalue weighted by Gasteiger charge is 2.15. The van der Waals surface area contributed by atoms with E-state index in [1.54, 1.807) is 31.5 Å². The largest absolute Gasteiger partial charge is 0.497 e. The van der Waals surface area contributed by atoms with Crippen LogP contribution < -0.4 is 14.4 Å². The van der Waals surface area contributed by atoms with Gasteiger partial charge in [0.15, 0.2) is 0 Å². The summed E-state index contributed by atoms with van der Waals surface area (Å²) >= 11 is 0. The number of aromatic nitrogens is 1. The topological polar surface area (TPSA) is 71.5 Å². The van der Waals surface area contributed by atoms with Gasteiger partial charge in [0.1, 0.15) is 11.6 Å². The zero-order valence-corrected chi connectivity index (χ0v) is 15.1. The number of sulfonamides is 1. The molecule has 1 aliphatic heterocycles. The van der Waals surface area contributed by atoms with Crippen molar-refractivity contribution in [3.63, 3.8) is 0 Å². The van der Waals surface area contributed by atoms with Gasteiger partial charge in [-0.25, -0.2) is 13.4 Å². The minimum absolute atomic E-state index is 0.185. The van der Waals surface area contributed by atoms with Crippen LogP contribution >= 0.6 is 0 Å². The minimum Gasteiger partial charge on any atom is -0.497 e. The first-order chi connectivity index (χ1) is 12.1. The minimum atomic E-state index is -3.64. The molecule has 0 saturated carbocycles. The average Bonchev–Trinajstić information content (AvgIpc) is 2.91. The van der Waals surface area contributed by atoms with Crippen LogP contribution in [0.15, 0.2) is 47.5 Å². The fourth-order valence-electron chi connectivity index (χ4n) is 2.90. The number of anilines is 2. The maximum atomic E-state index is 12.4. The van der Waals surface area contributed by atoms with Gasteiger partial charge in [-0.3, -0.25) is 4.72 Å². The van der Waals surface area contributed by atoms with Gasteiger partial charge in [0.25, 0.3) is 10.0 Å². The van der Waals surface area contributed by atoms with Gasteiger partial charge >= 0.3 is 0 Å². The lowest BCUT2D eigenvalue weighted by atomic mass is 10.2. The smallest absolute Gasteiger partial charge is 0.261 e. The summed E-state index contributed by atoms with van der Waals surface area (Å²) in [4.78, 5) is 6.87. The monoisotopic (exact) mass is 361 g/mol. The predicted molar refractivity (Wildman–Crippen MR) is 98.7 cm³/mol. The number of pyridine rings is 1. The molecule has 1 aliphatic rings. The van der Waals surface area contributed by atoms with Gasteiger partial charge in [0.2, 0.25) is 0 Å². The van der Waals surface area contributed by atoms with E-state index < -0.39 is 10.0 Å². The summed E-state index contributed by atoms with van der Waals surface area (Å²) in [5, 5.41) is 0. The van der Waals surface area contributed by atoms with E-state index in [2.05, 4.69) is 14.6 Å². The molecule has 0 radical (unpaired) electrons. The Labute approximate surface area is 148 Å². The standard InChI is InChI=1S/C18H23N3O3S/c1-24-16-7-9-17(10-8-16)25(22,23)20-15-6-11-18(19-14-15)21-12-4-2-3-5-13-21/h6-11,14,20H,2-5,12-13H2,1H3. The lowest BCUT2D eigenvalue weighted by molar-refractivity contribution is 0.414. The first-order valence-electron chi connectivity index (χ1n) is 8.46. The first-order valence-corrected chi connectivity index (χ1v) is 9.95. The SMILES string of the molecule is COc1ccc(S(=O)(=O)Nc2ccc(N3CCCCCC3)nc2)cc1. The highest BCUT2D eigenvalue weighted by Crippen LogP contribution is 2.21. The van der Waals surface area contributed by atoms with Crippen LogP contribution in [0.5, 0.6) is 5.75 Å². The number of nitrogens with zero attached hydrogens (tertiary/aromatic N) is 2.